The topological polar surface area (TPSA) is 38.0 Å². The van der Waals surface area contributed by atoms with Gasteiger partial charge in [-0.1, -0.05) is 6.58 Å². The molecule has 0 saturated heterocycles. The van der Waals surface area contributed by atoms with Crippen LogP contribution in [-0.4, -0.2) is 6.54 Å². The number of allylic oxidation sites excluding steroid dienone is 2. The zero-order valence-corrected chi connectivity index (χ0v) is 7.82. The summed E-state index contributed by atoms with van der Waals surface area (Å²) in [5.41, 5.74) is 9.35. The second-order valence-corrected chi connectivity index (χ2v) is 3.40. The molecular formula is C10H18N2. The summed E-state index contributed by atoms with van der Waals surface area (Å²) >= 11 is 0. The van der Waals surface area contributed by atoms with Crippen LogP contribution in [0.4, 0.5) is 0 Å². The third kappa shape index (κ3) is 2.38. The molecule has 0 aliphatic heterocycles. The molecule has 0 radical (unpaired) electrons. The molecule has 0 amide bonds. The van der Waals surface area contributed by atoms with Crippen LogP contribution in [0, 0.1) is 0 Å². The first-order chi connectivity index (χ1) is 5.74. The van der Waals surface area contributed by atoms with Crippen LogP contribution in [0.1, 0.15) is 32.6 Å². The van der Waals surface area contributed by atoms with Crippen LogP contribution in [0.25, 0.3) is 0 Å². The Morgan fingerprint density at radius 2 is 2.17 bits per heavy atom. The van der Waals surface area contributed by atoms with Crippen molar-refractivity contribution in [1.82, 2.24) is 5.32 Å². The molecule has 3 N–H and O–H groups in total. The van der Waals surface area contributed by atoms with E-state index in [2.05, 4.69) is 11.9 Å². The number of nitrogens with one attached hydrogen (secondary N) is 1. The predicted molar refractivity (Wildman–Crippen MR) is 52.5 cm³/mol. The van der Waals surface area contributed by atoms with E-state index in [9.17, 15) is 0 Å². The summed E-state index contributed by atoms with van der Waals surface area (Å²) < 4.78 is 0. The molecule has 1 aliphatic rings. The largest absolute Gasteiger partial charge is 0.363 e. The van der Waals surface area contributed by atoms with Crippen LogP contribution >= 0.6 is 0 Å². The van der Waals surface area contributed by atoms with Crippen LogP contribution in [-0.2, 0) is 0 Å². The van der Waals surface area contributed by atoms with Crippen molar-refractivity contribution in [1.29, 1.82) is 0 Å². The maximum Gasteiger partial charge on any atom is 0.0157 e. The summed E-state index contributed by atoms with van der Waals surface area (Å²) in [6.07, 6.45) is 4.86. The number of hydrogen-bond donors (Lipinski definition) is 2. The van der Waals surface area contributed by atoms with Gasteiger partial charge in [0.15, 0.2) is 0 Å². The van der Waals surface area contributed by atoms with Crippen molar-refractivity contribution in [2.24, 2.45) is 5.73 Å². The van der Waals surface area contributed by atoms with Crippen LogP contribution in [0.5, 0.6) is 0 Å². The van der Waals surface area contributed by atoms with Gasteiger partial charge in [-0.25, -0.2) is 0 Å². The lowest BCUT2D eigenvalue weighted by molar-refractivity contribution is 0.631. The monoisotopic (exact) mass is 166 g/mol. The molecule has 0 aromatic carbocycles. The second-order valence-electron chi connectivity index (χ2n) is 3.40. The van der Waals surface area contributed by atoms with Gasteiger partial charge < -0.3 is 11.1 Å². The summed E-state index contributed by atoms with van der Waals surface area (Å²) in [7, 11) is 0. The van der Waals surface area contributed by atoms with Gasteiger partial charge in [-0.2, -0.15) is 0 Å². The molecule has 2 nitrogen and oxygen atoms in total. The van der Waals surface area contributed by atoms with E-state index in [-0.39, 0.29) is 0 Å². The van der Waals surface area contributed by atoms with Gasteiger partial charge in [-0.15, -0.1) is 0 Å². The third-order valence-electron chi connectivity index (χ3n) is 2.19. The summed E-state index contributed by atoms with van der Waals surface area (Å²) in [6, 6.07) is 0. The summed E-state index contributed by atoms with van der Waals surface area (Å²) in [5.74, 6) is 0. The van der Waals surface area contributed by atoms with Gasteiger partial charge in [-0.05, 0) is 38.2 Å². The fraction of sp³-hybridized carbons (Fsp3) is 0.600. The Hall–Kier alpha value is -0.760. The Bertz CT molecular complexity index is 204. The van der Waals surface area contributed by atoms with Gasteiger partial charge in [0.25, 0.3) is 0 Å². The Kier molecular flexibility index (Phi) is 3.35. The first-order valence-corrected chi connectivity index (χ1v) is 4.57. The summed E-state index contributed by atoms with van der Waals surface area (Å²) in [6.45, 7) is 6.50. The minimum absolute atomic E-state index is 0.690. The minimum atomic E-state index is 0.690. The highest BCUT2D eigenvalue weighted by atomic mass is 14.9. The number of nitrogens with two attached hydrogens (primary N) is 1. The highest BCUT2D eigenvalue weighted by Crippen LogP contribution is 2.22. The quantitative estimate of drug-likeness (QED) is 0.672. The fourth-order valence-corrected chi connectivity index (χ4v) is 1.60. The van der Waals surface area contributed by atoms with E-state index in [1.807, 2.05) is 6.92 Å². The molecule has 0 fully saturated rings. The molecule has 0 atom stereocenters. The molecule has 1 aliphatic carbocycles. The van der Waals surface area contributed by atoms with E-state index < -0.39 is 0 Å². The molecular weight excluding hydrogens is 148 g/mol. The lowest BCUT2D eigenvalue weighted by Crippen LogP contribution is -2.19. The molecule has 0 saturated carbocycles. The predicted octanol–water partition coefficient (Wildman–Crippen LogP) is 1.90. The summed E-state index contributed by atoms with van der Waals surface area (Å²) in [4.78, 5) is 0. The average molecular weight is 166 g/mol. The Morgan fingerprint density at radius 3 is 2.75 bits per heavy atom. The summed E-state index contributed by atoms with van der Waals surface area (Å²) in [5, 5.41) is 3.29. The zero-order chi connectivity index (χ0) is 8.97. The SMILES string of the molecule is C=C(C)NC1=C(CN)CCCC1. The Morgan fingerprint density at radius 1 is 1.50 bits per heavy atom. The van der Waals surface area contributed by atoms with Crippen molar-refractivity contribution in [3.05, 3.63) is 23.5 Å². The zero-order valence-electron chi connectivity index (χ0n) is 7.82. The van der Waals surface area contributed by atoms with Gasteiger partial charge >= 0.3 is 0 Å². The van der Waals surface area contributed by atoms with Gasteiger partial charge in [0, 0.05) is 17.9 Å². The molecule has 0 spiro atoms. The van der Waals surface area contributed by atoms with Gasteiger partial charge in [0.2, 0.25) is 0 Å². The van der Waals surface area contributed by atoms with Gasteiger partial charge in [0.05, 0.1) is 0 Å². The Labute approximate surface area is 74.5 Å². The average Bonchev–Trinajstić information content (AvgIpc) is 2.04. The van der Waals surface area contributed by atoms with E-state index in [4.69, 9.17) is 5.73 Å². The normalized spacial score (nSPS) is 17.8. The first kappa shape index (κ1) is 9.33. The van der Waals surface area contributed by atoms with Crippen LogP contribution < -0.4 is 11.1 Å². The lowest BCUT2D eigenvalue weighted by Gasteiger charge is -2.20. The molecule has 0 unspecified atom stereocenters. The van der Waals surface area contributed by atoms with E-state index in [1.54, 1.807) is 0 Å². The van der Waals surface area contributed by atoms with Crippen molar-refractivity contribution in [3.63, 3.8) is 0 Å². The van der Waals surface area contributed by atoms with Crippen LogP contribution in [0.15, 0.2) is 23.5 Å². The molecule has 0 aromatic rings. The standard InChI is InChI=1S/C10H18N2/c1-8(2)12-10-6-4-3-5-9(10)7-11/h12H,1,3-7,11H2,2H3. The van der Waals surface area contributed by atoms with Gasteiger partial charge in [-0.3, -0.25) is 0 Å². The molecule has 0 aromatic heterocycles. The molecule has 0 heterocycles. The fourth-order valence-electron chi connectivity index (χ4n) is 1.60. The Balaban J connectivity index is 2.66. The van der Waals surface area contributed by atoms with E-state index >= 15 is 0 Å². The van der Waals surface area contributed by atoms with Crippen molar-refractivity contribution in [2.45, 2.75) is 32.6 Å². The van der Waals surface area contributed by atoms with Crippen LogP contribution in [0.3, 0.4) is 0 Å². The molecule has 68 valence electrons. The van der Waals surface area contributed by atoms with Crippen molar-refractivity contribution in [3.8, 4) is 0 Å². The highest BCUT2D eigenvalue weighted by molar-refractivity contribution is 5.19. The lowest BCUT2D eigenvalue weighted by atomic mass is 9.96. The van der Waals surface area contributed by atoms with Gasteiger partial charge in [0.1, 0.15) is 0 Å². The minimum Gasteiger partial charge on any atom is -0.363 e. The smallest absolute Gasteiger partial charge is 0.0157 e. The van der Waals surface area contributed by atoms with E-state index in [0.717, 1.165) is 18.5 Å². The number of hydrogen-bond acceptors (Lipinski definition) is 2. The first-order valence-electron chi connectivity index (χ1n) is 4.57. The third-order valence-corrected chi connectivity index (χ3v) is 2.19. The highest BCUT2D eigenvalue weighted by Gasteiger charge is 2.10. The maximum absolute atomic E-state index is 5.64. The van der Waals surface area contributed by atoms with Crippen molar-refractivity contribution >= 4 is 0 Å². The van der Waals surface area contributed by atoms with E-state index in [0.29, 0.717) is 6.54 Å². The number of rotatable bonds is 3. The van der Waals surface area contributed by atoms with Crippen molar-refractivity contribution < 1.29 is 0 Å². The second kappa shape index (κ2) is 4.31. The molecule has 0 bridgehead atoms. The molecule has 12 heavy (non-hydrogen) atoms. The molecule has 2 heteroatoms. The maximum atomic E-state index is 5.64. The molecule has 1 rings (SSSR count). The van der Waals surface area contributed by atoms with Crippen molar-refractivity contribution in [2.75, 3.05) is 6.54 Å². The van der Waals surface area contributed by atoms with E-state index in [1.165, 1.54) is 24.1 Å². The van der Waals surface area contributed by atoms with Crippen LogP contribution in [0.2, 0.25) is 0 Å².